The first-order valence-corrected chi connectivity index (χ1v) is 8.93. The van der Waals surface area contributed by atoms with Gasteiger partial charge in [-0.25, -0.2) is 9.13 Å². The largest absolute Gasteiger partial charge is 0.284 e. The van der Waals surface area contributed by atoms with Crippen LogP contribution in [0, 0.1) is 6.92 Å². The summed E-state index contributed by atoms with van der Waals surface area (Å²) < 4.78 is 4.12. The Morgan fingerprint density at radius 3 is 2.21 bits per heavy atom. The highest BCUT2D eigenvalue weighted by atomic mass is 16.1. The Morgan fingerprint density at radius 1 is 0.958 bits per heavy atom. The molecule has 0 atom stereocenters. The summed E-state index contributed by atoms with van der Waals surface area (Å²) in [4.78, 5) is 26.2. The number of hydrogen-bond acceptors (Lipinski definition) is 2. The number of ketones is 2. The van der Waals surface area contributed by atoms with Gasteiger partial charge in [-0.3, -0.25) is 9.59 Å². The number of imidazole rings is 1. The summed E-state index contributed by atoms with van der Waals surface area (Å²) in [5.41, 5.74) is 2.24. The summed E-state index contributed by atoms with van der Waals surface area (Å²) in [6.07, 6.45) is 4.11. The van der Waals surface area contributed by atoms with Crippen LogP contribution in [0.2, 0.25) is 0 Å². The fourth-order valence-corrected chi connectivity index (χ4v) is 3.50. The van der Waals surface area contributed by atoms with Crippen LogP contribution in [0.25, 0.3) is 0 Å². The molecule has 1 aliphatic rings. The smallest absolute Gasteiger partial charge is 0.254 e. The standard InChI is InChI=1S/C20H25N2O2/c1-4-6-12-21-14(3)22(13-7-5-2)18-17(21)19(23)15-10-8-9-11-16(15)20(18)24/h8-11H,4-7,12-13H2,1-3H3/q+1. The minimum absolute atomic E-state index is 0.0188. The van der Waals surface area contributed by atoms with Gasteiger partial charge in [0.25, 0.3) is 5.82 Å². The van der Waals surface area contributed by atoms with E-state index >= 15 is 0 Å². The van der Waals surface area contributed by atoms with Gasteiger partial charge < -0.3 is 0 Å². The molecule has 2 aromatic rings. The first kappa shape index (κ1) is 16.6. The van der Waals surface area contributed by atoms with E-state index in [1.807, 2.05) is 19.1 Å². The lowest BCUT2D eigenvalue weighted by Crippen LogP contribution is -2.43. The van der Waals surface area contributed by atoms with Gasteiger partial charge in [0.2, 0.25) is 23.0 Å². The highest BCUT2D eigenvalue weighted by molar-refractivity contribution is 6.26. The Kier molecular flexibility index (Phi) is 4.65. The Labute approximate surface area is 143 Å². The van der Waals surface area contributed by atoms with E-state index in [9.17, 15) is 9.59 Å². The van der Waals surface area contributed by atoms with E-state index < -0.39 is 0 Å². The molecule has 0 saturated carbocycles. The van der Waals surface area contributed by atoms with Crippen molar-refractivity contribution in [3.05, 3.63) is 52.6 Å². The van der Waals surface area contributed by atoms with E-state index in [4.69, 9.17) is 0 Å². The van der Waals surface area contributed by atoms with Crippen LogP contribution in [0.15, 0.2) is 24.3 Å². The van der Waals surface area contributed by atoms with Gasteiger partial charge in [-0.15, -0.1) is 0 Å². The first-order chi connectivity index (χ1) is 11.6. The van der Waals surface area contributed by atoms with E-state index in [-0.39, 0.29) is 11.6 Å². The zero-order valence-electron chi connectivity index (χ0n) is 14.8. The van der Waals surface area contributed by atoms with Crippen LogP contribution in [0.3, 0.4) is 0 Å². The van der Waals surface area contributed by atoms with Crippen molar-refractivity contribution in [3.8, 4) is 0 Å². The maximum atomic E-state index is 13.1. The van der Waals surface area contributed by atoms with Gasteiger partial charge in [0.05, 0.1) is 13.1 Å². The van der Waals surface area contributed by atoms with Crippen molar-refractivity contribution < 1.29 is 14.2 Å². The SMILES string of the molecule is CCCCn1c2c([n+](CCCC)c1C)C(=O)c1ccccc1C2=O. The molecule has 0 fully saturated rings. The van der Waals surface area contributed by atoms with Crippen LogP contribution in [0.5, 0.6) is 0 Å². The van der Waals surface area contributed by atoms with Crippen LogP contribution >= 0.6 is 0 Å². The van der Waals surface area contributed by atoms with Crippen LogP contribution in [-0.2, 0) is 13.1 Å². The van der Waals surface area contributed by atoms with Gasteiger partial charge >= 0.3 is 0 Å². The molecule has 0 N–H and O–H groups in total. The minimum atomic E-state index is -0.0188. The lowest BCUT2D eigenvalue weighted by molar-refractivity contribution is -0.704. The van der Waals surface area contributed by atoms with E-state index in [1.54, 1.807) is 12.1 Å². The molecule has 1 heterocycles. The third-order valence-corrected chi connectivity index (χ3v) is 4.86. The molecule has 0 radical (unpaired) electrons. The summed E-state index contributed by atoms with van der Waals surface area (Å²) in [5.74, 6) is 0.973. The summed E-state index contributed by atoms with van der Waals surface area (Å²) in [7, 11) is 0. The summed E-state index contributed by atoms with van der Waals surface area (Å²) >= 11 is 0. The maximum Gasteiger partial charge on any atom is 0.254 e. The van der Waals surface area contributed by atoms with Crippen LogP contribution in [0.4, 0.5) is 0 Å². The number of carbonyl (C=O) groups is 2. The molecule has 0 aliphatic heterocycles. The van der Waals surface area contributed by atoms with Crippen LogP contribution < -0.4 is 4.57 Å². The molecule has 24 heavy (non-hydrogen) atoms. The van der Waals surface area contributed by atoms with Crippen molar-refractivity contribution >= 4 is 11.6 Å². The summed E-state index contributed by atoms with van der Waals surface area (Å²) in [6, 6.07) is 7.18. The van der Waals surface area contributed by atoms with Crippen molar-refractivity contribution in [3.63, 3.8) is 0 Å². The molecule has 0 saturated heterocycles. The van der Waals surface area contributed by atoms with E-state index in [0.717, 1.165) is 44.6 Å². The molecule has 4 nitrogen and oxygen atoms in total. The third kappa shape index (κ3) is 2.50. The van der Waals surface area contributed by atoms with Crippen molar-refractivity contribution in [1.29, 1.82) is 0 Å². The quantitative estimate of drug-likeness (QED) is 0.651. The summed E-state index contributed by atoms with van der Waals surface area (Å²) in [5, 5.41) is 0. The molecule has 0 spiro atoms. The van der Waals surface area contributed by atoms with E-state index in [0.29, 0.717) is 22.5 Å². The van der Waals surface area contributed by atoms with Crippen molar-refractivity contribution in [2.24, 2.45) is 0 Å². The van der Waals surface area contributed by atoms with E-state index in [2.05, 4.69) is 23.0 Å². The van der Waals surface area contributed by atoms with Gasteiger partial charge in [-0.2, -0.15) is 0 Å². The molecule has 126 valence electrons. The number of hydrogen-bond donors (Lipinski definition) is 0. The number of rotatable bonds is 6. The predicted octanol–water partition coefficient (Wildman–Crippen LogP) is 3.46. The average Bonchev–Trinajstić information content (AvgIpc) is 2.88. The van der Waals surface area contributed by atoms with Crippen molar-refractivity contribution in [1.82, 2.24) is 4.57 Å². The van der Waals surface area contributed by atoms with Crippen LogP contribution in [0.1, 0.15) is 77.5 Å². The molecule has 4 heteroatoms. The topological polar surface area (TPSA) is 43.0 Å². The molecular weight excluding hydrogens is 300 g/mol. The molecule has 1 aromatic heterocycles. The highest BCUT2D eigenvalue weighted by Crippen LogP contribution is 2.27. The fraction of sp³-hybridized carbons (Fsp3) is 0.450. The number of benzene rings is 1. The first-order valence-electron chi connectivity index (χ1n) is 8.93. The zero-order valence-corrected chi connectivity index (χ0v) is 14.8. The second-order valence-corrected chi connectivity index (χ2v) is 6.46. The van der Waals surface area contributed by atoms with Crippen molar-refractivity contribution in [2.45, 2.75) is 59.5 Å². The second-order valence-electron chi connectivity index (χ2n) is 6.46. The molecular formula is C20H25N2O2+. The van der Waals surface area contributed by atoms with Gasteiger partial charge in [0.1, 0.15) is 0 Å². The maximum absolute atomic E-state index is 13.1. The minimum Gasteiger partial charge on any atom is -0.284 e. The van der Waals surface area contributed by atoms with Gasteiger partial charge in [-0.05, 0) is 12.8 Å². The Hall–Kier alpha value is -2.23. The zero-order chi connectivity index (χ0) is 17.3. The number of carbonyl (C=O) groups excluding carboxylic acids is 2. The van der Waals surface area contributed by atoms with E-state index in [1.165, 1.54) is 0 Å². The third-order valence-electron chi connectivity index (χ3n) is 4.86. The number of nitrogens with zero attached hydrogens (tertiary/aromatic N) is 2. The molecule has 0 bridgehead atoms. The number of fused-ring (bicyclic) bond motifs is 2. The van der Waals surface area contributed by atoms with Gasteiger partial charge in [0, 0.05) is 18.1 Å². The molecule has 0 amide bonds. The Morgan fingerprint density at radius 2 is 1.58 bits per heavy atom. The number of unbranched alkanes of at least 4 members (excludes halogenated alkanes) is 2. The van der Waals surface area contributed by atoms with Crippen LogP contribution in [-0.4, -0.2) is 16.1 Å². The second kappa shape index (κ2) is 6.71. The molecule has 1 aliphatic carbocycles. The lowest BCUT2D eigenvalue weighted by Gasteiger charge is -2.12. The fourth-order valence-electron chi connectivity index (χ4n) is 3.50. The normalized spacial score (nSPS) is 13.1. The van der Waals surface area contributed by atoms with Gasteiger partial charge in [0.15, 0.2) is 0 Å². The predicted molar refractivity (Wildman–Crippen MR) is 92.5 cm³/mol. The van der Waals surface area contributed by atoms with Crippen molar-refractivity contribution in [2.75, 3.05) is 0 Å². The highest BCUT2D eigenvalue weighted by Gasteiger charge is 2.42. The lowest BCUT2D eigenvalue weighted by atomic mass is 9.90. The average molecular weight is 325 g/mol. The molecule has 3 rings (SSSR count). The Bertz CT molecular complexity index is 738. The molecule has 0 unspecified atom stereocenters. The van der Waals surface area contributed by atoms with Gasteiger partial charge in [-0.1, -0.05) is 51.0 Å². The molecule has 1 aromatic carbocycles. The monoisotopic (exact) mass is 325 g/mol. The summed E-state index contributed by atoms with van der Waals surface area (Å²) in [6.45, 7) is 7.86. The Balaban J connectivity index is 2.21. The number of aromatic nitrogens is 2.